The number of anilines is 1. The highest BCUT2D eigenvalue weighted by atomic mass is 19.1. The standard InChI is InChI=1S/C30H34FN7O3/c1-30(2,3)41-29(39)37-15-20(16-37)36-14-13-24(23(31)17-36)38-28-25(27(32)33-18-34-28)26(35-38)19-9-11-22(12-10-19)40-21-7-5-4-6-8-21/h4-12,18,20,23-24H,13-17H2,1-3H3,(H2,32,33,34)/t23-,24+/m1/s1. The molecule has 0 spiro atoms. The number of carbonyl (C=O) groups excluding carboxylic acids is 1. The van der Waals surface area contributed by atoms with Crippen LogP contribution in [0, 0.1) is 0 Å². The molecule has 2 fully saturated rings. The normalized spacial score (nSPS) is 20.1. The van der Waals surface area contributed by atoms with Crippen molar-refractivity contribution < 1.29 is 18.7 Å². The van der Waals surface area contributed by atoms with Crippen molar-refractivity contribution in [2.45, 2.75) is 51.0 Å². The predicted octanol–water partition coefficient (Wildman–Crippen LogP) is 5.07. The lowest BCUT2D eigenvalue weighted by Gasteiger charge is -2.48. The lowest BCUT2D eigenvalue weighted by molar-refractivity contribution is -0.0322. The van der Waals surface area contributed by atoms with Crippen LogP contribution < -0.4 is 10.5 Å². The molecule has 2 aliphatic heterocycles. The van der Waals surface area contributed by atoms with Gasteiger partial charge in [0.1, 0.15) is 41.1 Å². The SMILES string of the molecule is CC(C)(C)OC(=O)N1CC(N2CC[C@H](n3nc(-c4ccc(Oc5ccccc5)cc4)c4c(N)ncnc43)[C@H](F)C2)C1. The number of piperidine rings is 1. The zero-order valence-electron chi connectivity index (χ0n) is 23.4. The number of benzene rings is 2. The van der Waals surface area contributed by atoms with Gasteiger partial charge >= 0.3 is 6.09 Å². The molecular weight excluding hydrogens is 525 g/mol. The van der Waals surface area contributed by atoms with Gasteiger partial charge in [0, 0.05) is 37.8 Å². The average molecular weight is 560 g/mol. The molecule has 0 bridgehead atoms. The molecule has 0 aliphatic carbocycles. The minimum atomic E-state index is -1.17. The van der Waals surface area contributed by atoms with Gasteiger partial charge in [-0.2, -0.15) is 5.10 Å². The summed E-state index contributed by atoms with van der Waals surface area (Å²) in [5.74, 6) is 1.73. The number of amides is 1. The molecule has 2 aromatic heterocycles. The molecule has 1 amide bonds. The van der Waals surface area contributed by atoms with E-state index in [0.29, 0.717) is 54.3 Å². The molecule has 10 nitrogen and oxygen atoms in total. The number of ether oxygens (including phenoxy) is 2. The van der Waals surface area contributed by atoms with Crippen molar-refractivity contribution in [3.05, 3.63) is 60.9 Å². The Morgan fingerprint density at radius 1 is 1.00 bits per heavy atom. The molecule has 0 radical (unpaired) electrons. The molecule has 11 heteroatoms. The Balaban J connectivity index is 1.18. The average Bonchev–Trinajstić information content (AvgIpc) is 3.29. The molecule has 0 unspecified atom stereocenters. The summed E-state index contributed by atoms with van der Waals surface area (Å²) in [6.07, 6.45) is 0.438. The van der Waals surface area contributed by atoms with E-state index >= 15 is 4.39 Å². The van der Waals surface area contributed by atoms with Crippen LogP contribution in [-0.4, -0.2) is 79.6 Å². The highest BCUT2D eigenvalue weighted by molar-refractivity contribution is 5.98. The number of nitrogen functional groups attached to an aromatic ring is 1. The van der Waals surface area contributed by atoms with Gasteiger partial charge in [-0.15, -0.1) is 0 Å². The zero-order chi connectivity index (χ0) is 28.7. The summed E-state index contributed by atoms with van der Waals surface area (Å²) in [7, 11) is 0. The summed E-state index contributed by atoms with van der Waals surface area (Å²) >= 11 is 0. The molecule has 4 aromatic rings. The third-order valence-corrected chi connectivity index (χ3v) is 7.51. The minimum Gasteiger partial charge on any atom is -0.457 e. The first-order valence-corrected chi connectivity index (χ1v) is 13.8. The second kappa shape index (κ2) is 10.6. The minimum absolute atomic E-state index is 0.112. The number of carbonyl (C=O) groups is 1. The summed E-state index contributed by atoms with van der Waals surface area (Å²) in [4.78, 5) is 24.7. The summed E-state index contributed by atoms with van der Waals surface area (Å²) in [6, 6.07) is 16.7. The lowest BCUT2D eigenvalue weighted by atomic mass is 9.98. The van der Waals surface area contributed by atoms with Crippen LogP contribution in [0.3, 0.4) is 0 Å². The van der Waals surface area contributed by atoms with Gasteiger partial charge in [-0.25, -0.2) is 23.8 Å². The molecule has 4 heterocycles. The van der Waals surface area contributed by atoms with E-state index in [4.69, 9.17) is 20.3 Å². The fourth-order valence-electron chi connectivity index (χ4n) is 5.42. The van der Waals surface area contributed by atoms with E-state index in [1.165, 1.54) is 6.33 Å². The number of likely N-dealkylation sites (tertiary alicyclic amines) is 2. The van der Waals surface area contributed by atoms with Crippen molar-refractivity contribution >= 4 is 22.9 Å². The summed E-state index contributed by atoms with van der Waals surface area (Å²) < 4.78 is 28.8. The first kappa shape index (κ1) is 26.9. The van der Waals surface area contributed by atoms with Crippen LogP contribution in [0.1, 0.15) is 33.2 Å². The van der Waals surface area contributed by atoms with Gasteiger partial charge < -0.3 is 20.1 Å². The number of para-hydroxylation sites is 1. The maximum absolute atomic E-state index is 15.8. The zero-order valence-corrected chi connectivity index (χ0v) is 23.4. The van der Waals surface area contributed by atoms with Gasteiger partial charge in [0.25, 0.3) is 0 Å². The Kier molecular flexibility index (Phi) is 6.98. The molecule has 6 rings (SSSR count). The van der Waals surface area contributed by atoms with Crippen molar-refractivity contribution in [2.24, 2.45) is 0 Å². The Hall–Kier alpha value is -4.25. The molecule has 2 aromatic carbocycles. The number of alkyl halides is 1. The second-order valence-corrected chi connectivity index (χ2v) is 11.6. The van der Waals surface area contributed by atoms with Gasteiger partial charge in [0.15, 0.2) is 5.65 Å². The van der Waals surface area contributed by atoms with Crippen molar-refractivity contribution in [1.82, 2.24) is 29.5 Å². The second-order valence-electron chi connectivity index (χ2n) is 11.6. The fraction of sp³-hybridized carbons (Fsp3) is 0.400. The third kappa shape index (κ3) is 5.54. The van der Waals surface area contributed by atoms with E-state index in [9.17, 15) is 4.79 Å². The monoisotopic (exact) mass is 559 g/mol. The number of nitrogens with two attached hydrogens (primary N) is 1. The van der Waals surface area contributed by atoms with Crippen molar-refractivity contribution in [3.63, 3.8) is 0 Å². The highest BCUT2D eigenvalue weighted by Crippen LogP contribution is 2.36. The number of nitrogens with zero attached hydrogens (tertiary/aromatic N) is 6. The first-order valence-electron chi connectivity index (χ1n) is 13.8. The van der Waals surface area contributed by atoms with Crippen LogP contribution >= 0.6 is 0 Å². The van der Waals surface area contributed by atoms with E-state index < -0.39 is 17.8 Å². The van der Waals surface area contributed by atoms with E-state index in [2.05, 4.69) is 14.9 Å². The molecule has 41 heavy (non-hydrogen) atoms. The van der Waals surface area contributed by atoms with Gasteiger partial charge in [-0.05, 0) is 63.6 Å². The molecule has 0 saturated carbocycles. The first-order chi connectivity index (χ1) is 19.7. The van der Waals surface area contributed by atoms with Crippen LogP contribution in [0.25, 0.3) is 22.3 Å². The number of hydrogen-bond acceptors (Lipinski definition) is 8. The van der Waals surface area contributed by atoms with Gasteiger partial charge in [0.05, 0.1) is 11.4 Å². The summed E-state index contributed by atoms with van der Waals surface area (Å²) in [5, 5.41) is 5.45. The molecule has 214 valence electrons. The Labute approximate surface area is 237 Å². The van der Waals surface area contributed by atoms with Gasteiger partial charge in [-0.1, -0.05) is 18.2 Å². The van der Waals surface area contributed by atoms with E-state index in [-0.39, 0.29) is 18.7 Å². The van der Waals surface area contributed by atoms with Crippen LogP contribution in [0.5, 0.6) is 11.5 Å². The number of halogens is 1. The third-order valence-electron chi connectivity index (χ3n) is 7.51. The van der Waals surface area contributed by atoms with Crippen LogP contribution in [-0.2, 0) is 4.74 Å². The summed E-state index contributed by atoms with van der Waals surface area (Å²) in [6.45, 7) is 7.54. The van der Waals surface area contributed by atoms with E-state index in [1.54, 1.807) is 9.58 Å². The Morgan fingerprint density at radius 2 is 1.71 bits per heavy atom. The summed E-state index contributed by atoms with van der Waals surface area (Å²) in [5.41, 5.74) is 7.67. The number of rotatable bonds is 5. The van der Waals surface area contributed by atoms with Crippen LogP contribution in [0.15, 0.2) is 60.9 Å². The Bertz CT molecular complexity index is 1530. The topological polar surface area (TPSA) is 112 Å². The predicted molar refractivity (Wildman–Crippen MR) is 153 cm³/mol. The maximum atomic E-state index is 15.8. The van der Waals surface area contributed by atoms with Crippen LogP contribution in [0.4, 0.5) is 15.0 Å². The van der Waals surface area contributed by atoms with Crippen molar-refractivity contribution in [2.75, 3.05) is 31.9 Å². The Morgan fingerprint density at radius 3 is 2.39 bits per heavy atom. The molecule has 2 atom stereocenters. The van der Waals surface area contributed by atoms with Crippen molar-refractivity contribution in [1.29, 1.82) is 0 Å². The van der Waals surface area contributed by atoms with Crippen molar-refractivity contribution in [3.8, 4) is 22.8 Å². The number of fused-ring (bicyclic) bond motifs is 1. The number of hydrogen-bond donors (Lipinski definition) is 1. The molecule has 2 aliphatic rings. The number of aromatic nitrogens is 4. The van der Waals surface area contributed by atoms with E-state index in [0.717, 1.165) is 11.3 Å². The maximum Gasteiger partial charge on any atom is 0.410 e. The largest absolute Gasteiger partial charge is 0.457 e. The quantitative estimate of drug-likeness (QED) is 0.361. The highest BCUT2D eigenvalue weighted by Gasteiger charge is 2.42. The molecule has 2 saturated heterocycles. The van der Waals surface area contributed by atoms with Gasteiger partial charge in [-0.3, -0.25) is 4.90 Å². The van der Waals surface area contributed by atoms with Crippen LogP contribution in [0.2, 0.25) is 0 Å². The fourth-order valence-corrected chi connectivity index (χ4v) is 5.42. The lowest BCUT2D eigenvalue weighted by Crippen LogP contribution is -2.64. The van der Waals surface area contributed by atoms with E-state index in [1.807, 2.05) is 75.4 Å². The smallest absolute Gasteiger partial charge is 0.410 e. The molecule has 2 N–H and O–H groups in total. The van der Waals surface area contributed by atoms with Gasteiger partial charge in [0.2, 0.25) is 0 Å². The molecular formula is C30H34FN7O3.